The van der Waals surface area contributed by atoms with E-state index in [1.807, 2.05) is 33.1 Å². The molecule has 1 aromatic carbocycles. The molecule has 1 saturated carbocycles. The standard InChI is InChI=1S/C17H21NO4S.C17H19NO3S/c1-9-8-23-15-13(20)6-12-11(14(9)15)5-10(19)7-18(12)16(21)22-17(2,3)4;1-9-8-22-14-11(19)5-12-17(13(9)14)6-10(17)7-18(12)15(20)21-16(2,3)4/h6,8,10,19-20H,5,7H2,1-4H3;5,8,10H,6-7H2,1-4H3/t10-;10-,17+/m01/s1. The number of thiophene rings is 2. The fourth-order valence-corrected chi connectivity index (χ4v) is 8.93. The van der Waals surface area contributed by atoms with E-state index in [0.717, 1.165) is 43.8 Å². The minimum Gasteiger partial charge on any atom is -0.506 e. The van der Waals surface area contributed by atoms with Crippen LogP contribution in [0.15, 0.2) is 28.6 Å². The molecule has 0 bridgehead atoms. The minimum atomic E-state index is -0.651. The number of ether oxygens (including phenoxy) is 2. The number of phenols is 1. The van der Waals surface area contributed by atoms with Gasteiger partial charge in [0.05, 0.1) is 27.9 Å². The van der Waals surface area contributed by atoms with Crippen molar-refractivity contribution < 1.29 is 34.1 Å². The monoisotopic (exact) mass is 652 g/mol. The lowest BCUT2D eigenvalue weighted by Gasteiger charge is -2.34. The third-order valence-corrected chi connectivity index (χ3v) is 10.8. The number of nitrogens with zero attached hydrogens (tertiary/aromatic N) is 2. The maximum absolute atomic E-state index is 12.5. The lowest BCUT2D eigenvalue weighted by atomic mass is 9.84. The third-order valence-electron chi connectivity index (χ3n) is 8.61. The highest BCUT2D eigenvalue weighted by Gasteiger charge is 2.68. The normalized spacial score (nSPS) is 23.3. The number of piperidine rings is 1. The summed E-state index contributed by atoms with van der Waals surface area (Å²) >= 11 is 2.99. The van der Waals surface area contributed by atoms with Crippen LogP contribution in [0, 0.1) is 19.8 Å². The van der Waals surface area contributed by atoms with Crippen molar-refractivity contribution in [2.75, 3.05) is 18.0 Å². The molecule has 7 rings (SSSR count). The van der Waals surface area contributed by atoms with Crippen LogP contribution in [0.5, 0.6) is 5.75 Å². The van der Waals surface area contributed by atoms with Crippen LogP contribution in [0.3, 0.4) is 0 Å². The average molecular weight is 653 g/mol. The zero-order valence-corrected chi connectivity index (χ0v) is 28.6. The highest BCUT2D eigenvalue weighted by molar-refractivity contribution is 7.17. The van der Waals surface area contributed by atoms with E-state index in [-0.39, 0.29) is 29.6 Å². The van der Waals surface area contributed by atoms with Crippen LogP contribution in [-0.4, -0.2) is 63.5 Å². The number of amides is 2. The van der Waals surface area contributed by atoms with Crippen molar-refractivity contribution in [3.63, 3.8) is 0 Å². The smallest absolute Gasteiger partial charge is 0.414 e. The number of β-amino-alcohol motifs (C(OH)–C–C–N with tert-alkyl or cyclic N) is 1. The average Bonchev–Trinajstić information content (AvgIpc) is 3.17. The first-order valence-corrected chi connectivity index (χ1v) is 16.9. The van der Waals surface area contributed by atoms with Crippen LogP contribution >= 0.6 is 22.7 Å². The zero-order chi connectivity index (χ0) is 32.8. The molecule has 2 amide bonds. The Balaban J connectivity index is 0.000000159. The molecule has 2 fully saturated rings. The SMILES string of the molecule is Cc1csc2c(O)cc3c(c12)C[C@H](O)CN3C(=O)OC(C)(C)C.Cc1csc2c1[C@@]13C[C@@H]1CN(C(=O)OC(C)(C)C)C3=CC2=O. The van der Waals surface area contributed by atoms with E-state index >= 15 is 0 Å². The molecule has 240 valence electrons. The first kappa shape index (κ1) is 31.6. The van der Waals surface area contributed by atoms with Crippen molar-refractivity contribution in [1.82, 2.24) is 4.90 Å². The van der Waals surface area contributed by atoms with Gasteiger partial charge in [-0.25, -0.2) is 9.59 Å². The van der Waals surface area contributed by atoms with Gasteiger partial charge in [-0.1, -0.05) is 0 Å². The van der Waals surface area contributed by atoms with E-state index < -0.39 is 23.4 Å². The van der Waals surface area contributed by atoms with E-state index in [1.54, 1.807) is 37.8 Å². The maximum atomic E-state index is 12.5. The van der Waals surface area contributed by atoms with Crippen LogP contribution in [0.25, 0.3) is 10.1 Å². The lowest BCUT2D eigenvalue weighted by Crippen LogP contribution is -2.45. The molecular weight excluding hydrogens is 613 g/mol. The number of aromatic hydroxyl groups is 1. The van der Waals surface area contributed by atoms with Gasteiger partial charge in [0.1, 0.15) is 17.0 Å². The molecule has 4 aliphatic rings. The number of aliphatic hydroxyl groups is 1. The Bertz CT molecular complexity index is 1770. The number of phenolic OH excluding ortho intramolecular Hbond substituents is 1. The number of hydrogen-bond acceptors (Lipinski definition) is 9. The van der Waals surface area contributed by atoms with Gasteiger partial charge in [0, 0.05) is 41.6 Å². The highest BCUT2D eigenvalue weighted by Crippen LogP contribution is 2.68. The Morgan fingerprint density at radius 3 is 2.22 bits per heavy atom. The van der Waals surface area contributed by atoms with Crippen LogP contribution in [0.2, 0.25) is 0 Å². The van der Waals surface area contributed by atoms with Gasteiger partial charge in [-0.3, -0.25) is 14.6 Å². The third kappa shape index (κ3) is 5.42. The fourth-order valence-electron chi connectivity index (χ4n) is 6.89. The molecule has 3 aromatic rings. The molecule has 11 heteroatoms. The molecular formula is C34H40N2O7S2. The number of carbonyl (C=O) groups excluding carboxylic acids is 3. The Hall–Kier alpha value is -3.41. The second kappa shape index (κ2) is 10.6. The molecule has 2 N–H and O–H groups in total. The first-order chi connectivity index (χ1) is 20.9. The fraction of sp³-hybridized carbons (Fsp3) is 0.500. The number of ketones is 1. The van der Waals surface area contributed by atoms with E-state index in [9.17, 15) is 24.6 Å². The van der Waals surface area contributed by atoms with Crippen molar-refractivity contribution in [2.45, 2.75) is 91.0 Å². The van der Waals surface area contributed by atoms with Gasteiger partial charge in [0.25, 0.3) is 0 Å². The summed E-state index contributed by atoms with van der Waals surface area (Å²) in [5, 5.41) is 25.5. The number of fused-ring (bicyclic) bond motifs is 4. The number of aryl methyl sites for hydroxylation is 2. The summed E-state index contributed by atoms with van der Waals surface area (Å²) in [5.41, 5.74) is 4.48. The number of rotatable bonds is 0. The summed E-state index contributed by atoms with van der Waals surface area (Å²) in [6, 6.07) is 1.60. The van der Waals surface area contributed by atoms with Gasteiger partial charge in [-0.2, -0.15) is 0 Å². The van der Waals surface area contributed by atoms with Gasteiger partial charge in [-0.15, -0.1) is 22.7 Å². The molecule has 1 saturated heterocycles. The van der Waals surface area contributed by atoms with Crippen molar-refractivity contribution in [2.24, 2.45) is 5.92 Å². The molecule has 2 aliphatic heterocycles. The number of aliphatic hydroxyl groups excluding tert-OH is 1. The molecule has 9 nitrogen and oxygen atoms in total. The number of benzene rings is 1. The van der Waals surface area contributed by atoms with Crippen LogP contribution in [0.4, 0.5) is 15.3 Å². The van der Waals surface area contributed by atoms with Crippen molar-refractivity contribution >= 4 is 56.4 Å². The Kier molecular flexibility index (Phi) is 7.41. The molecule has 0 radical (unpaired) electrons. The number of carbonyl (C=O) groups is 3. The zero-order valence-electron chi connectivity index (χ0n) is 26.9. The topological polar surface area (TPSA) is 117 Å². The summed E-state index contributed by atoms with van der Waals surface area (Å²) in [5.74, 6) is 0.600. The van der Waals surface area contributed by atoms with Crippen LogP contribution in [0.1, 0.15) is 79.9 Å². The minimum absolute atomic E-state index is 0.0230. The van der Waals surface area contributed by atoms with Gasteiger partial charge in [0.2, 0.25) is 0 Å². The molecule has 3 atom stereocenters. The summed E-state index contributed by atoms with van der Waals surface area (Å²) in [4.78, 5) is 41.3. The quantitative estimate of drug-likeness (QED) is 0.263. The molecule has 45 heavy (non-hydrogen) atoms. The van der Waals surface area contributed by atoms with Crippen LogP contribution in [-0.2, 0) is 21.3 Å². The van der Waals surface area contributed by atoms with Crippen LogP contribution < -0.4 is 4.90 Å². The summed E-state index contributed by atoms with van der Waals surface area (Å²) in [6.07, 6.45) is 1.66. The number of hydrogen-bond donors (Lipinski definition) is 2. The van der Waals surface area contributed by atoms with E-state index in [4.69, 9.17) is 9.47 Å². The van der Waals surface area contributed by atoms with Gasteiger partial charge >= 0.3 is 12.2 Å². The Labute approximate surface area is 271 Å². The number of anilines is 1. The van der Waals surface area contributed by atoms with Gasteiger partial charge in [-0.05, 0) is 101 Å². The van der Waals surface area contributed by atoms with Crippen molar-refractivity contribution in [3.05, 3.63) is 55.7 Å². The maximum Gasteiger partial charge on any atom is 0.414 e. The predicted octanol–water partition coefficient (Wildman–Crippen LogP) is 7.22. The second-order valence-corrected chi connectivity index (χ2v) is 16.2. The highest BCUT2D eigenvalue weighted by atomic mass is 32.1. The first-order valence-electron chi connectivity index (χ1n) is 15.2. The predicted molar refractivity (Wildman–Crippen MR) is 176 cm³/mol. The molecule has 0 unspecified atom stereocenters. The summed E-state index contributed by atoms with van der Waals surface area (Å²) in [6.45, 7) is 15.8. The van der Waals surface area contributed by atoms with Crippen molar-refractivity contribution in [3.8, 4) is 5.75 Å². The van der Waals surface area contributed by atoms with Gasteiger partial charge in [0.15, 0.2) is 5.78 Å². The second-order valence-electron chi connectivity index (χ2n) is 14.4. The number of likely N-dealkylation sites (tertiary alicyclic amines) is 1. The summed E-state index contributed by atoms with van der Waals surface area (Å²) in [7, 11) is 0. The molecule has 1 spiro atoms. The van der Waals surface area contributed by atoms with E-state index in [0.29, 0.717) is 24.6 Å². The largest absolute Gasteiger partial charge is 0.506 e. The lowest BCUT2D eigenvalue weighted by molar-refractivity contribution is 0.0321. The van der Waals surface area contributed by atoms with E-state index in [1.165, 1.54) is 33.1 Å². The Morgan fingerprint density at radius 2 is 1.58 bits per heavy atom. The summed E-state index contributed by atoms with van der Waals surface area (Å²) < 4.78 is 11.7. The number of allylic oxidation sites excluding steroid dienone is 2. The van der Waals surface area contributed by atoms with Gasteiger partial charge < -0.3 is 19.7 Å². The molecule has 2 aromatic heterocycles. The molecule has 4 heterocycles. The van der Waals surface area contributed by atoms with Crippen molar-refractivity contribution in [1.29, 1.82) is 0 Å². The molecule has 2 aliphatic carbocycles. The Morgan fingerprint density at radius 1 is 0.956 bits per heavy atom. The van der Waals surface area contributed by atoms with E-state index in [2.05, 4.69) is 12.3 Å².